The van der Waals surface area contributed by atoms with E-state index in [2.05, 4.69) is 31.9 Å². The fourth-order valence-corrected chi connectivity index (χ4v) is 4.23. The number of alkyl halides is 1. The SMILES string of the molecule is CC(=O)N[C@H]1CCN(c2nc3ncc(N(C)C(=O)CCCl)cc3n2Cc2ccccc2)C1. The highest BCUT2D eigenvalue weighted by Gasteiger charge is 2.28. The van der Waals surface area contributed by atoms with Gasteiger partial charge in [-0.3, -0.25) is 9.59 Å². The number of pyridine rings is 1. The highest BCUT2D eigenvalue weighted by Crippen LogP contribution is 2.28. The molecule has 1 saturated heterocycles. The molecule has 0 radical (unpaired) electrons. The molecule has 0 spiro atoms. The summed E-state index contributed by atoms with van der Waals surface area (Å²) in [5, 5.41) is 3.00. The molecule has 1 fully saturated rings. The van der Waals surface area contributed by atoms with Crippen molar-refractivity contribution in [3.8, 4) is 0 Å². The van der Waals surface area contributed by atoms with Crippen molar-refractivity contribution in [3.63, 3.8) is 0 Å². The minimum atomic E-state index is -0.0619. The zero-order valence-corrected chi connectivity index (χ0v) is 19.0. The molecule has 0 aliphatic carbocycles. The summed E-state index contributed by atoms with van der Waals surface area (Å²) in [5.41, 5.74) is 3.32. The van der Waals surface area contributed by atoms with E-state index in [4.69, 9.17) is 16.6 Å². The molecule has 32 heavy (non-hydrogen) atoms. The summed E-state index contributed by atoms with van der Waals surface area (Å²) in [6.07, 6.45) is 2.80. The van der Waals surface area contributed by atoms with Crippen LogP contribution in [-0.4, -0.2) is 58.4 Å². The van der Waals surface area contributed by atoms with Crippen LogP contribution in [0.3, 0.4) is 0 Å². The van der Waals surface area contributed by atoms with E-state index in [0.29, 0.717) is 24.4 Å². The van der Waals surface area contributed by atoms with Gasteiger partial charge in [0.1, 0.15) is 0 Å². The fourth-order valence-electron chi connectivity index (χ4n) is 4.07. The number of hydrogen-bond acceptors (Lipinski definition) is 5. The molecule has 3 aromatic rings. The third-order valence-corrected chi connectivity index (χ3v) is 5.89. The van der Waals surface area contributed by atoms with Crippen molar-refractivity contribution in [3.05, 3.63) is 48.2 Å². The molecule has 1 atom stereocenters. The minimum Gasteiger partial charge on any atom is -0.352 e. The van der Waals surface area contributed by atoms with Crippen molar-refractivity contribution in [1.29, 1.82) is 0 Å². The van der Waals surface area contributed by atoms with Gasteiger partial charge < -0.3 is 19.7 Å². The summed E-state index contributed by atoms with van der Waals surface area (Å²) >= 11 is 5.75. The summed E-state index contributed by atoms with van der Waals surface area (Å²) in [4.78, 5) is 37.0. The number of imidazole rings is 1. The number of hydrogen-bond donors (Lipinski definition) is 1. The summed E-state index contributed by atoms with van der Waals surface area (Å²) in [6.45, 7) is 3.65. The second kappa shape index (κ2) is 9.56. The quantitative estimate of drug-likeness (QED) is 0.555. The molecule has 168 valence electrons. The number of anilines is 2. The van der Waals surface area contributed by atoms with Crippen LogP contribution >= 0.6 is 11.6 Å². The van der Waals surface area contributed by atoms with E-state index in [1.807, 2.05) is 24.3 Å². The molecular weight excluding hydrogens is 428 g/mol. The number of fused-ring (bicyclic) bond motifs is 1. The largest absolute Gasteiger partial charge is 0.352 e. The fraction of sp³-hybridized carbons (Fsp3) is 0.391. The van der Waals surface area contributed by atoms with Gasteiger partial charge in [-0.2, -0.15) is 4.98 Å². The lowest BCUT2D eigenvalue weighted by molar-refractivity contribution is -0.119. The Kier molecular flexibility index (Phi) is 6.60. The standard InChI is InChI=1S/C23H27ClN6O2/c1-16(31)26-18-9-11-29(15-18)23-27-22-20(30(23)14-17-6-4-3-5-7-17)12-19(13-25-22)28(2)21(32)8-10-24/h3-7,12-13,18H,8-11,14-15H2,1-2H3,(H,26,31)/t18-/m0/s1. The normalized spacial score (nSPS) is 15.8. The van der Waals surface area contributed by atoms with Gasteiger partial charge in [-0.05, 0) is 18.1 Å². The molecule has 0 unspecified atom stereocenters. The second-order valence-corrected chi connectivity index (χ2v) is 8.42. The molecule has 2 amide bonds. The lowest BCUT2D eigenvalue weighted by Gasteiger charge is -2.20. The van der Waals surface area contributed by atoms with E-state index < -0.39 is 0 Å². The smallest absolute Gasteiger partial charge is 0.227 e. The molecule has 8 nitrogen and oxygen atoms in total. The number of halogens is 1. The van der Waals surface area contributed by atoms with Gasteiger partial charge in [0.15, 0.2) is 5.65 Å². The zero-order chi connectivity index (χ0) is 22.7. The van der Waals surface area contributed by atoms with Crippen LogP contribution < -0.4 is 15.1 Å². The number of rotatable bonds is 7. The van der Waals surface area contributed by atoms with E-state index in [1.54, 1.807) is 25.1 Å². The van der Waals surface area contributed by atoms with Crippen molar-refractivity contribution in [2.45, 2.75) is 32.4 Å². The first-order chi connectivity index (χ1) is 15.5. The van der Waals surface area contributed by atoms with Crippen molar-refractivity contribution in [2.75, 3.05) is 35.8 Å². The highest BCUT2D eigenvalue weighted by atomic mass is 35.5. The summed E-state index contributed by atoms with van der Waals surface area (Å²) in [5.74, 6) is 1.01. The van der Waals surface area contributed by atoms with E-state index in [-0.39, 0.29) is 30.2 Å². The van der Waals surface area contributed by atoms with E-state index in [1.165, 1.54) is 0 Å². The lowest BCUT2D eigenvalue weighted by atomic mass is 10.2. The molecule has 2 aromatic heterocycles. The first-order valence-corrected chi connectivity index (χ1v) is 11.2. The first kappa shape index (κ1) is 22.1. The van der Waals surface area contributed by atoms with E-state index in [0.717, 1.165) is 30.0 Å². The molecule has 1 aliphatic rings. The number of aromatic nitrogens is 3. The number of amides is 2. The van der Waals surface area contributed by atoms with Gasteiger partial charge >= 0.3 is 0 Å². The van der Waals surface area contributed by atoms with Gasteiger partial charge in [0.05, 0.1) is 23.9 Å². The first-order valence-electron chi connectivity index (χ1n) is 10.7. The third kappa shape index (κ3) is 4.70. The average molecular weight is 455 g/mol. The zero-order valence-electron chi connectivity index (χ0n) is 18.3. The Balaban J connectivity index is 1.73. The maximum atomic E-state index is 12.3. The predicted octanol–water partition coefficient (Wildman–Crippen LogP) is 2.79. The number of nitrogens with zero attached hydrogens (tertiary/aromatic N) is 5. The molecular formula is C23H27ClN6O2. The Morgan fingerprint density at radius 1 is 1.28 bits per heavy atom. The van der Waals surface area contributed by atoms with E-state index in [9.17, 15) is 9.59 Å². The molecule has 3 heterocycles. The summed E-state index contributed by atoms with van der Waals surface area (Å²) < 4.78 is 2.14. The molecule has 0 bridgehead atoms. The van der Waals surface area contributed by atoms with Crippen LogP contribution in [-0.2, 0) is 16.1 Å². The Morgan fingerprint density at radius 2 is 2.06 bits per heavy atom. The summed E-state index contributed by atoms with van der Waals surface area (Å²) in [6, 6.07) is 12.2. The maximum Gasteiger partial charge on any atom is 0.227 e. The maximum absolute atomic E-state index is 12.3. The van der Waals surface area contributed by atoms with Gasteiger partial charge in [-0.15, -0.1) is 11.6 Å². The van der Waals surface area contributed by atoms with Crippen LogP contribution in [0.5, 0.6) is 0 Å². The van der Waals surface area contributed by atoms with Crippen LogP contribution in [0.15, 0.2) is 42.6 Å². The van der Waals surface area contributed by atoms with Crippen molar-refractivity contribution in [1.82, 2.24) is 19.9 Å². The third-order valence-electron chi connectivity index (χ3n) is 5.70. The topological polar surface area (TPSA) is 83.4 Å². The van der Waals surface area contributed by atoms with Crippen LogP contribution in [0.1, 0.15) is 25.3 Å². The minimum absolute atomic E-state index is 0.0226. The monoisotopic (exact) mass is 454 g/mol. The van der Waals surface area contributed by atoms with Gasteiger partial charge in [-0.25, -0.2) is 4.98 Å². The number of benzene rings is 1. The number of carbonyl (C=O) groups is 2. The van der Waals surface area contributed by atoms with Gasteiger partial charge in [-0.1, -0.05) is 30.3 Å². The Labute approximate surface area is 192 Å². The van der Waals surface area contributed by atoms with Crippen LogP contribution in [0.25, 0.3) is 11.2 Å². The van der Waals surface area contributed by atoms with Crippen LogP contribution in [0.2, 0.25) is 0 Å². The second-order valence-electron chi connectivity index (χ2n) is 8.04. The van der Waals surface area contributed by atoms with Gasteiger partial charge in [0.2, 0.25) is 17.8 Å². The van der Waals surface area contributed by atoms with Gasteiger partial charge in [0, 0.05) is 45.4 Å². The number of nitrogens with one attached hydrogen (secondary N) is 1. The Hall–Kier alpha value is -3.13. The van der Waals surface area contributed by atoms with Crippen molar-refractivity contribution in [2.24, 2.45) is 0 Å². The molecule has 1 N–H and O–H groups in total. The molecule has 1 aromatic carbocycles. The molecule has 0 saturated carbocycles. The van der Waals surface area contributed by atoms with Gasteiger partial charge in [0.25, 0.3) is 0 Å². The number of carbonyl (C=O) groups excluding carboxylic acids is 2. The summed E-state index contributed by atoms with van der Waals surface area (Å²) in [7, 11) is 1.73. The molecule has 9 heteroatoms. The van der Waals surface area contributed by atoms with Crippen LogP contribution in [0, 0.1) is 0 Å². The Bertz CT molecular complexity index is 1120. The lowest BCUT2D eigenvalue weighted by Crippen LogP contribution is -2.36. The Morgan fingerprint density at radius 3 is 2.78 bits per heavy atom. The molecule has 4 rings (SSSR count). The molecule has 1 aliphatic heterocycles. The predicted molar refractivity (Wildman–Crippen MR) is 126 cm³/mol. The van der Waals surface area contributed by atoms with E-state index >= 15 is 0 Å². The van der Waals surface area contributed by atoms with Crippen molar-refractivity contribution >= 4 is 46.2 Å². The average Bonchev–Trinajstić information content (AvgIpc) is 3.38. The highest BCUT2D eigenvalue weighted by molar-refractivity contribution is 6.19. The van der Waals surface area contributed by atoms with Crippen LogP contribution in [0.4, 0.5) is 11.6 Å². The van der Waals surface area contributed by atoms with Crippen molar-refractivity contribution < 1.29 is 9.59 Å².